The molecule has 0 bridgehead atoms. The van der Waals surface area contributed by atoms with Crippen LogP contribution in [0.2, 0.25) is 0 Å². The standard InChI is InChI=1S/C19H23N3OS/c1-13-10-20-16(23-13)11-21-17(14-8-6-5-7-9-14)18-22-15(12-24-18)19(2,3)4/h5-10,12,17,21H,11H2,1-4H3/t17-/m0/s1. The quantitative estimate of drug-likeness (QED) is 0.736. The Morgan fingerprint density at radius 3 is 2.54 bits per heavy atom. The van der Waals surface area contributed by atoms with Gasteiger partial charge in [-0.2, -0.15) is 0 Å². The average molecular weight is 341 g/mol. The van der Waals surface area contributed by atoms with Gasteiger partial charge in [-0.05, 0) is 12.5 Å². The zero-order valence-electron chi connectivity index (χ0n) is 14.5. The van der Waals surface area contributed by atoms with E-state index in [1.807, 2.05) is 13.0 Å². The van der Waals surface area contributed by atoms with Crippen molar-refractivity contribution < 1.29 is 4.42 Å². The molecule has 4 nitrogen and oxygen atoms in total. The van der Waals surface area contributed by atoms with E-state index < -0.39 is 0 Å². The van der Waals surface area contributed by atoms with Gasteiger partial charge in [0.15, 0.2) is 0 Å². The smallest absolute Gasteiger partial charge is 0.208 e. The summed E-state index contributed by atoms with van der Waals surface area (Å²) in [5.74, 6) is 1.52. The first-order valence-electron chi connectivity index (χ1n) is 8.09. The van der Waals surface area contributed by atoms with Gasteiger partial charge in [0, 0.05) is 10.8 Å². The van der Waals surface area contributed by atoms with Crippen molar-refractivity contribution in [2.24, 2.45) is 0 Å². The molecule has 3 rings (SSSR count). The van der Waals surface area contributed by atoms with Gasteiger partial charge in [-0.15, -0.1) is 11.3 Å². The Hall–Kier alpha value is -1.98. The summed E-state index contributed by atoms with van der Waals surface area (Å²) in [6.45, 7) is 9.03. The molecule has 3 aromatic rings. The second-order valence-corrected chi connectivity index (χ2v) is 7.80. The molecule has 24 heavy (non-hydrogen) atoms. The first-order chi connectivity index (χ1) is 11.4. The lowest BCUT2D eigenvalue weighted by atomic mass is 9.93. The minimum atomic E-state index is 0.0273. The summed E-state index contributed by atoms with van der Waals surface area (Å²) in [5, 5.41) is 6.76. The summed E-state index contributed by atoms with van der Waals surface area (Å²) >= 11 is 1.70. The van der Waals surface area contributed by atoms with Gasteiger partial charge in [0.1, 0.15) is 10.8 Å². The monoisotopic (exact) mass is 341 g/mol. The number of hydrogen-bond donors (Lipinski definition) is 1. The molecule has 0 radical (unpaired) electrons. The number of thiazole rings is 1. The molecule has 0 unspecified atom stereocenters. The maximum absolute atomic E-state index is 5.57. The van der Waals surface area contributed by atoms with Gasteiger partial charge >= 0.3 is 0 Å². The number of aryl methyl sites for hydroxylation is 1. The first kappa shape index (κ1) is 16.9. The highest BCUT2D eigenvalue weighted by atomic mass is 32.1. The first-order valence-corrected chi connectivity index (χ1v) is 8.97. The van der Waals surface area contributed by atoms with Crippen molar-refractivity contribution in [3.8, 4) is 0 Å². The molecule has 0 aliphatic heterocycles. The fraction of sp³-hybridized carbons (Fsp3) is 0.368. The minimum absolute atomic E-state index is 0.0273. The number of nitrogens with zero attached hydrogens (tertiary/aromatic N) is 2. The lowest BCUT2D eigenvalue weighted by molar-refractivity contribution is 0.437. The zero-order chi connectivity index (χ0) is 17.2. The van der Waals surface area contributed by atoms with Gasteiger partial charge < -0.3 is 4.42 Å². The van der Waals surface area contributed by atoms with Crippen molar-refractivity contribution in [1.29, 1.82) is 0 Å². The molecule has 126 valence electrons. The van der Waals surface area contributed by atoms with Crippen LogP contribution in [0.3, 0.4) is 0 Å². The van der Waals surface area contributed by atoms with Crippen LogP contribution in [0.5, 0.6) is 0 Å². The SMILES string of the molecule is Cc1cnc(CN[C@@H](c2ccccc2)c2nc(C(C)(C)C)cs2)o1. The maximum Gasteiger partial charge on any atom is 0.208 e. The number of aromatic nitrogens is 2. The maximum atomic E-state index is 5.57. The second kappa shape index (κ2) is 6.87. The molecule has 0 spiro atoms. The second-order valence-electron chi connectivity index (χ2n) is 6.91. The van der Waals surface area contributed by atoms with Crippen molar-refractivity contribution in [3.05, 3.63) is 69.8 Å². The number of benzene rings is 1. The normalized spacial score (nSPS) is 13.2. The molecule has 1 aromatic carbocycles. The van der Waals surface area contributed by atoms with Gasteiger partial charge in [-0.25, -0.2) is 9.97 Å². The molecule has 1 atom stereocenters. The average Bonchev–Trinajstić information content (AvgIpc) is 3.18. The Morgan fingerprint density at radius 2 is 1.96 bits per heavy atom. The molecule has 0 aliphatic carbocycles. The summed E-state index contributed by atoms with van der Waals surface area (Å²) < 4.78 is 5.57. The highest BCUT2D eigenvalue weighted by Gasteiger charge is 2.22. The summed E-state index contributed by atoms with van der Waals surface area (Å²) in [4.78, 5) is 9.15. The van der Waals surface area contributed by atoms with E-state index in [2.05, 4.69) is 60.7 Å². The Morgan fingerprint density at radius 1 is 1.21 bits per heavy atom. The Balaban J connectivity index is 1.86. The molecular formula is C19H23N3OS. The molecular weight excluding hydrogens is 318 g/mol. The van der Waals surface area contributed by atoms with Gasteiger partial charge in [-0.1, -0.05) is 51.1 Å². The molecule has 2 heterocycles. The van der Waals surface area contributed by atoms with Gasteiger partial charge in [-0.3, -0.25) is 5.32 Å². The number of hydrogen-bond acceptors (Lipinski definition) is 5. The van der Waals surface area contributed by atoms with E-state index in [4.69, 9.17) is 9.40 Å². The van der Waals surface area contributed by atoms with Crippen LogP contribution in [0.15, 0.2) is 46.3 Å². The molecule has 2 aromatic heterocycles. The third kappa shape index (κ3) is 3.91. The summed E-state index contributed by atoms with van der Waals surface area (Å²) in [6.07, 6.45) is 1.75. The van der Waals surface area contributed by atoms with E-state index in [1.165, 1.54) is 5.56 Å². The summed E-state index contributed by atoms with van der Waals surface area (Å²) in [7, 11) is 0. The molecule has 0 fully saturated rings. The third-order valence-corrected chi connectivity index (χ3v) is 4.71. The van der Waals surface area contributed by atoms with E-state index in [9.17, 15) is 0 Å². The molecule has 0 amide bonds. The van der Waals surface area contributed by atoms with E-state index in [1.54, 1.807) is 17.5 Å². The minimum Gasteiger partial charge on any atom is -0.445 e. The highest BCUT2D eigenvalue weighted by molar-refractivity contribution is 7.09. The summed E-state index contributed by atoms with van der Waals surface area (Å²) in [6, 6.07) is 10.4. The van der Waals surface area contributed by atoms with Crippen LogP contribution in [0.1, 0.15) is 54.7 Å². The van der Waals surface area contributed by atoms with Crippen LogP contribution in [0.4, 0.5) is 0 Å². The van der Waals surface area contributed by atoms with Crippen LogP contribution < -0.4 is 5.32 Å². The van der Waals surface area contributed by atoms with Crippen LogP contribution in [0.25, 0.3) is 0 Å². The van der Waals surface area contributed by atoms with Crippen molar-refractivity contribution in [1.82, 2.24) is 15.3 Å². The van der Waals surface area contributed by atoms with Crippen molar-refractivity contribution in [3.63, 3.8) is 0 Å². The molecule has 0 saturated heterocycles. The van der Waals surface area contributed by atoms with Crippen molar-refractivity contribution >= 4 is 11.3 Å². The van der Waals surface area contributed by atoms with Crippen LogP contribution in [0, 0.1) is 6.92 Å². The largest absolute Gasteiger partial charge is 0.445 e. The lowest BCUT2D eigenvalue weighted by Gasteiger charge is -2.17. The number of nitrogens with one attached hydrogen (secondary N) is 1. The van der Waals surface area contributed by atoms with Gasteiger partial charge in [0.05, 0.1) is 24.5 Å². The van der Waals surface area contributed by atoms with Crippen molar-refractivity contribution in [2.45, 2.75) is 45.7 Å². The fourth-order valence-corrected chi connectivity index (χ4v) is 3.58. The number of oxazole rings is 1. The van der Waals surface area contributed by atoms with E-state index >= 15 is 0 Å². The predicted molar refractivity (Wildman–Crippen MR) is 97.2 cm³/mol. The van der Waals surface area contributed by atoms with E-state index in [0.717, 1.165) is 16.5 Å². The molecule has 5 heteroatoms. The Bertz CT molecular complexity index is 786. The van der Waals surface area contributed by atoms with Gasteiger partial charge in [0.2, 0.25) is 5.89 Å². The predicted octanol–water partition coefficient (Wildman–Crippen LogP) is 4.62. The zero-order valence-corrected chi connectivity index (χ0v) is 15.4. The van der Waals surface area contributed by atoms with Crippen LogP contribution in [-0.4, -0.2) is 9.97 Å². The highest BCUT2D eigenvalue weighted by Crippen LogP contribution is 2.30. The van der Waals surface area contributed by atoms with Crippen molar-refractivity contribution in [2.75, 3.05) is 0 Å². The molecule has 0 aliphatic rings. The fourth-order valence-electron chi connectivity index (χ4n) is 2.43. The third-order valence-electron chi connectivity index (χ3n) is 3.80. The Kier molecular flexibility index (Phi) is 4.83. The van der Waals surface area contributed by atoms with Gasteiger partial charge in [0.25, 0.3) is 0 Å². The van der Waals surface area contributed by atoms with E-state index in [0.29, 0.717) is 12.4 Å². The summed E-state index contributed by atoms with van der Waals surface area (Å²) in [5.41, 5.74) is 2.36. The topological polar surface area (TPSA) is 51.0 Å². The Labute approximate surface area is 147 Å². The lowest BCUT2D eigenvalue weighted by Crippen LogP contribution is -2.22. The molecule has 1 N–H and O–H groups in total. The van der Waals surface area contributed by atoms with Crippen LogP contribution >= 0.6 is 11.3 Å². The molecule has 0 saturated carbocycles. The number of rotatable bonds is 5. The van der Waals surface area contributed by atoms with Crippen LogP contribution in [-0.2, 0) is 12.0 Å². The van der Waals surface area contributed by atoms with E-state index in [-0.39, 0.29) is 11.5 Å².